The number of hydrogen-bond donors (Lipinski definition) is 0. The van der Waals surface area contributed by atoms with Crippen molar-refractivity contribution >= 4 is 25.8 Å². The van der Waals surface area contributed by atoms with Crippen molar-refractivity contribution in [3.63, 3.8) is 0 Å². The van der Waals surface area contributed by atoms with Crippen LogP contribution in [0.4, 0.5) is 0 Å². The minimum absolute atomic E-state index is 0.170. The van der Waals surface area contributed by atoms with Gasteiger partial charge in [0.25, 0.3) is 9.84 Å². The highest BCUT2D eigenvalue weighted by atomic mass is 79.9. The highest BCUT2D eigenvalue weighted by Gasteiger charge is 2.34. The Labute approximate surface area is 127 Å². The molecule has 0 aromatic heterocycles. The molecule has 0 heterocycles. The molecule has 0 saturated carbocycles. The topological polar surface area (TPSA) is 38.5 Å². The number of benzene rings is 2. The summed E-state index contributed by atoms with van der Waals surface area (Å²) >= 11 is 3.29. The third kappa shape index (κ3) is 2.92. The van der Waals surface area contributed by atoms with E-state index in [9.17, 15) is 8.42 Å². The normalized spacial score (nSPS) is 12.7. The molecule has 0 aliphatic carbocycles. The summed E-state index contributed by atoms with van der Waals surface area (Å²) in [5.74, 6) is 0. The van der Waals surface area contributed by atoms with E-state index in [4.69, 9.17) is 6.57 Å². The fraction of sp³-hybridized carbons (Fsp3) is 0.133. The number of halogens is 1. The Morgan fingerprint density at radius 2 is 1.80 bits per heavy atom. The summed E-state index contributed by atoms with van der Waals surface area (Å²) in [4.78, 5) is 3.48. The lowest BCUT2D eigenvalue weighted by Crippen LogP contribution is -2.10. The molecule has 0 aliphatic heterocycles. The largest absolute Gasteiger partial charge is 0.350 e. The van der Waals surface area contributed by atoms with Crippen LogP contribution in [-0.2, 0) is 9.84 Å². The van der Waals surface area contributed by atoms with Gasteiger partial charge in [-0.15, -0.1) is 0 Å². The Bertz CT molecular complexity index is 761. The first-order valence-electron chi connectivity index (χ1n) is 5.88. The van der Waals surface area contributed by atoms with E-state index < -0.39 is 15.2 Å². The minimum Gasteiger partial charge on any atom is -0.291 e. The first-order valence-corrected chi connectivity index (χ1v) is 8.21. The zero-order valence-corrected chi connectivity index (χ0v) is 13.1. The smallest absolute Gasteiger partial charge is 0.291 e. The highest BCUT2D eigenvalue weighted by Crippen LogP contribution is 2.31. The molecule has 3 nitrogen and oxygen atoms in total. The molecule has 2 rings (SSSR count). The zero-order valence-electron chi connectivity index (χ0n) is 10.7. The summed E-state index contributed by atoms with van der Waals surface area (Å²) in [7, 11) is -3.71. The van der Waals surface area contributed by atoms with Crippen molar-refractivity contribution in [1.82, 2.24) is 0 Å². The van der Waals surface area contributed by atoms with Gasteiger partial charge >= 0.3 is 5.37 Å². The van der Waals surface area contributed by atoms with Crippen molar-refractivity contribution in [3.05, 3.63) is 75.5 Å². The summed E-state index contributed by atoms with van der Waals surface area (Å²) in [5.41, 5.74) is 1.45. The van der Waals surface area contributed by atoms with Gasteiger partial charge in [-0.1, -0.05) is 45.8 Å². The molecule has 20 heavy (non-hydrogen) atoms. The molecule has 5 heteroatoms. The van der Waals surface area contributed by atoms with E-state index in [0.29, 0.717) is 5.56 Å². The summed E-state index contributed by atoms with van der Waals surface area (Å²) in [6.45, 7) is 9.13. The molecule has 1 atom stereocenters. The Hall–Kier alpha value is -1.64. The quantitative estimate of drug-likeness (QED) is 0.780. The van der Waals surface area contributed by atoms with Crippen LogP contribution < -0.4 is 0 Å². The monoisotopic (exact) mass is 349 g/mol. The van der Waals surface area contributed by atoms with Crippen molar-refractivity contribution < 1.29 is 8.42 Å². The first-order chi connectivity index (χ1) is 9.45. The summed E-state index contributed by atoms with van der Waals surface area (Å²) in [5, 5.41) is -1.22. The van der Waals surface area contributed by atoms with E-state index in [0.717, 1.165) is 10.0 Å². The van der Waals surface area contributed by atoms with Gasteiger partial charge in [0.15, 0.2) is 0 Å². The van der Waals surface area contributed by atoms with Crippen LogP contribution in [-0.4, -0.2) is 8.42 Å². The molecule has 1 unspecified atom stereocenters. The molecule has 0 spiro atoms. The van der Waals surface area contributed by atoms with Gasteiger partial charge in [0.1, 0.15) is 0 Å². The zero-order chi connectivity index (χ0) is 14.8. The van der Waals surface area contributed by atoms with Crippen LogP contribution in [0.5, 0.6) is 0 Å². The van der Waals surface area contributed by atoms with Crippen LogP contribution >= 0.6 is 15.9 Å². The van der Waals surface area contributed by atoms with Gasteiger partial charge in [-0.2, -0.15) is 0 Å². The average Bonchev–Trinajstić information content (AvgIpc) is 2.40. The van der Waals surface area contributed by atoms with E-state index in [1.807, 2.05) is 6.92 Å². The Balaban J connectivity index is 2.51. The molecule has 102 valence electrons. The fourth-order valence-corrected chi connectivity index (χ4v) is 3.67. The maximum absolute atomic E-state index is 12.6. The number of aryl methyl sites for hydroxylation is 1. The molecule has 0 radical (unpaired) electrons. The molecule has 2 aromatic carbocycles. The number of rotatable bonds is 3. The lowest BCUT2D eigenvalue weighted by Gasteiger charge is -2.08. The SMILES string of the molecule is [C-]#[N+]C(c1cccc(Br)c1)S(=O)(=O)c1ccc(C)cc1. The van der Waals surface area contributed by atoms with Crippen LogP contribution in [0.15, 0.2) is 57.9 Å². The van der Waals surface area contributed by atoms with Crippen LogP contribution in [0.25, 0.3) is 4.85 Å². The summed E-state index contributed by atoms with van der Waals surface area (Å²) in [6.07, 6.45) is 0. The van der Waals surface area contributed by atoms with Crippen LogP contribution in [0.3, 0.4) is 0 Å². The summed E-state index contributed by atoms with van der Waals surface area (Å²) in [6, 6.07) is 13.4. The fourth-order valence-electron chi connectivity index (χ4n) is 1.84. The number of nitrogens with zero attached hydrogens (tertiary/aromatic N) is 1. The predicted octanol–water partition coefficient (Wildman–Crippen LogP) is 4.15. The predicted molar refractivity (Wildman–Crippen MR) is 81.8 cm³/mol. The third-order valence-electron chi connectivity index (χ3n) is 2.89. The molecule has 0 N–H and O–H groups in total. The second-order valence-corrected chi connectivity index (χ2v) is 7.32. The second kappa shape index (κ2) is 5.78. The van der Waals surface area contributed by atoms with Crippen molar-refractivity contribution in [1.29, 1.82) is 0 Å². The Morgan fingerprint density at radius 1 is 1.15 bits per heavy atom. The van der Waals surface area contributed by atoms with Crippen molar-refractivity contribution in [2.45, 2.75) is 17.2 Å². The van der Waals surface area contributed by atoms with Gasteiger partial charge in [0, 0.05) is 4.47 Å². The maximum atomic E-state index is 12.6. The maximum Gasteiger partial charge on any atom is 0.350 e. The first kappa shape index (κ1) is 14.8. The third-order valence-corrected chi connectivity index (χ3v) is 5.28. The summed E-state index contributed by atoms with van der Waals surface area (Å²) < 4.78 is 25.9. The van der Waals surface area contributed by atoms with E-state index >= 15 is 0 Å². The van der Waals surface area contributed by atoms with Crippen LogP contribution in [0.1, 0.15) is 16.5 Å². The number of sulfone groups is 1. The number of hydrogen-bond acceptors (Lipinski definition) is 2. The molecule has 0 aliphatic rings. The molecule has 2 aromatic rings. The average molecular weight is 350 g/mol. The van der Waals surface area contributed by atoms with E-state index in [2.05, 4.69) is 20.8 Å². The molecular weight excluding hydrogens is 338 g/mol. The Morgan fingerprint density at radius 3 is 2.35 bits per heavy atom. The molecular formula is C15H12BrNO2S. The second-order valence-electron chi connectivity index (χ2n) is 4.39. The lowest BCUT2D eigenvalue weighted by atomic mass is 10.2. The van der Waals surface area contributed by atoms with Gasteiger partial charge in [0.05, 0.1) is 10.5 Å². The molecule has 0 bridgehead atoms. The molecule has 0 amide bonds. The van der Waals surface area contributed by atoms with E-state index in [1.54, 1.807) is 48.5 Å². The van der Waals surface area contributed by atoms with E-state index in [1.165, 1.54) is 0 Å². The van der Waals surface area contributed by atoms with Gasteiger partial charge in [-0.25, -0.2) is 15.0 Å². The minimum atomic E-state index is -3.71. The Kier molecular flexibility index (Phi) is 4.26. The van der Waals surface area contributed by atoms with Gasteiger partial charge in [-0.05, 0) is 31.2 Å². The molecule has 0 fully saturated rings. The van der Waals surface area contributed by atoms with E-state index in [-0.39, 0.29) is 4.90 Å². The van der Waals surface area contributed by atoms with Crippen molar-refractivity contribution in [2.75, 3.05) is 0 Å². The molecule has 0 saturated heterocycles. The van der Waals surface area contributed by atoms with Gasteiger partial charge in [0.2, 0.25) is 0 Å². The van der Waals surface area contributed by atoms with Gasteiger partial charge in [-0.3, -0.25) is 4.85 Å². The van der Waals surface area contributed by atoms with Crippen molar-refractivity contribution in [3.8, 4) is 0 Å². The standard InChI is InChI=1S/C15H12BrNO2S/c1-11-6-8-14(9-7-11)20(18,19)15(17-2)12-4-3-5-13(16)10-12/h3-10,15H,1H3. The van der Waals surface area contributed by atoms with Gasteiger partial charge < -0.3 is 0 Å². The highest BCUT2D eigenvalue weighted by molar-refractivity contribution is 9.10. The van der Waals surface area contributed by atoms with Crippen LogP contribution in [0.2, 0.25) is 0 Å². The van der Waals surface area contributed by atoms with Crippen LogP contribution in [0, 0.1) is 13.5 Å². The lowest BCUT2D eigenvalue weighted by molar-refractivity contribution is 0.590. The van der Waals surface area contributed by atoms with Crippen molar-refractivity contribution in [2.24, 2.45) is 0 Å².